The summed E-state index contributed by atoms with van der Waals surface area (Å²) in [5.74, 6) is -6.25. The maximum atomic E-state index is 12.6. The van der Waals surface area contributed by atoms with Crippen LogP contribution in [0.3, 0.4) is 0 Å². The Morgan fingerprint density at radius 3 is 1.84 bits per heavy atom. The molecule has 0 aromatic rings. The van der Waals surface area contributed by atoms with Crippen molar-refractivity contribution >= 4 is 35.6 Å². The van der Waals surface area contributed by atoms with Crippen LogP contribution >= 0.6 is 0 Å². The topological polar surface area (TPSA) is 257 Å². The molecule has 176 valence electrons. The maximum absolute atomic E-state index is 12.6. The third-order valence-electron chi connectivity index (χ3n) is 4.09. The standard InChI is InChI=1S/C17H30N6O8/c18-6-2-1-3-9(21-13(25)8-19)15(28)23-11(7-14(26)27)16(29)22-10(17(30)31)4-5-12(20)24/h9-11H,1-8,18-19H2,(H2,20,24)(H,21,25)(H,22,29)(H,23,28)(H,26,27)(H,30,31). The van der Waals surface area contributed by atoms with Gasteiger partial charge in [0.05, 0.1) is 13.0 Å². The molecule has 31 heavy (non-hydrogen) atoms. The van der Waals surface area contributed by atoms with Crippen LogP contribution in [0.5, 0.6) is 0 Å². The average molecular weight is 446 g/mol. The van der Waals surface area contributed by atoms with E-state index in [0.717, 1.165) is 0 Å². The van der Waals surface area contributed by atoms with Gasteiger partial charge in [0, 0.05) is 6.42 Å². The van der Waals surface area contributed by atoms with Crippen molar-refractivity contribution in [3.05, 3.63) is 0 Å². The third-order valence-corrected chi connectivity index (χ3v) is 4.09. The molecule has 0 bridgehead atoms. The van der Waals surface area contributed by atoms with Crippen molar-refractivity contribution in [2.24, 2.45) is 17.2 Å². The quantitative estimate of drug-likeness (QED) is 0.108. The van der Waals surface area contributed by atoms with Gasteiger partial charge in [-0.3, -0.25) is 24.0 Å². The van der Waals surface area contributed by atoms with Crippen molar-refractivity contribution in [3.8, 4) is 0 Å². The van der Waals surface area contributed by atoms with Crippen LogP contribution in [0.1, 0.15) is 38.5 Å². The highest BCUT2D eigenvalue weighted by Gasteiger charge is 2.30. The van der Waals surface area contributed by atoms with Gasteiger partial charge in [-0.1, -0.05) is 0 Å². The normalized spacial score (nSPS) is 13.4. The van der Waals surface area contributed by atoms with Gasteiger partial charge in [-0.2, -0.15) is 0 Å². The minimum atomic E-state index is -1.63. The summed E-state index contributed by atoms with van der Waals surface area (Å²) >= 11 is 0. The Morgan fingerprint density at radius 1 is 0.774 bits per heavy atom. The minimum Gasteiger partial charge on any atom is -0.481 e. The van der Waals surface area contributed by atoms with Gasteiger partial charge in [-0.05, 0) is 32.2 Å². The lowest BCUT2D eigenvalue weighted by molar-refractivity contribution is -0.143. The monoisotopic (exact) mass is 446 g/mol. The Hall–Kier alpha value is -3.26. The largest absolute Gasteiger partial charge is 0.481 e. The molecule has 0 rings (SSSR count). The summed E-state index contributed by atoms with van der Waals surface area (Å²) in [6.07, 6.45) is -0.322. The number of nitrogens with two attached hydrogens (primary N) is 3. The lowest BCUT2D eigenvalue weighted by Crippen LogP contribution is -2.56. The first kappa shape index (κ1) is 27.7. The smallest absolute Gasteiger partial charge is 0.326 e. The Labute approximate surface area is 178 Å². The van der Waals surface area contributed by atoms with Crippen LogP contribution in [0, 0.1) is 0 Å². The fourth-order valence-electron chi connectivity index (χ4n) is 2.49. The Kier molecular flexibility index (Phi) is 13.1. The average Bonchev–Trinajstić information content (AvgIpc) is 2.68. The number of aliphatic carboxylic acids is 2. The van der Waals surface area contributed by atoms with Crippen LogP contribution < -0.4 is 33.2 Å². The maximum Gasteiger partial charge on any atom is 0.326 e. The summed E-state index contributed by atoms with van der Waals surface area (Å²) < 4.78 is 0. The van der Waals surface area contributed by atoms with E-state index in [1.165, 1.54) is 0 Å². The van der Waals surface area contributed by atoms with Gasteiger partial charge < -0.3 is 43.4 Å². The lowest BCUT2D eigenvalue weighted by atomic mass is 10.1. The van der Waals surface area contributed by atoms with E-state index in [-0.39, 0.29) is 25.8 Å². The van der Waals surface area contributed by atoms with Crippen LogP contribution in [0.25, 0.3) is 0 Å². The molecular formula is C17H30N6O8. The molecule has 4 amide bonds. The van der Waals surface area contributed by atoms with Gasteiger partial charge in [0.2, 0.25) is 23.6 Å². The summed E-state index contributed by atoms with van der Waals surface area (Å²) in [7, 11) is 0. The highest BCUT2D eigenvalue weighted by atomic mass is 16.4. The number of hydrogen-bond acceptors (Lipinski definition) is 8. The SMILES string of the molecule is NCCCCC(NC(=O)CN)C(=O)NC(CC(=O)O)C(=O)NC(CCC(N)=O)C(=O)O. The number of carbonyl (C=O) groups is 6. The molecule has 0 heterocycles. The lowest BCUT2D eigenvalue weighted by Gasteiger charge is -2.23. The van der Waals surface area contributed by atoms with Gasteiger partial charge in [-0.25, -0.2) is 4.79 Å². The first-order chi connectivity index (χ1) is 14.5. The predicted molar refractivity (Wildman–Crippen MR) is 106 cm³/mol. The molecular weight excluding hydrogens is 416 g/mol. The molecule has 3 atom stereocenters. The fourth-order valence-corrected chi connectivity index (χ4v) is 2.49. The number of amides is 4. The molecule has 0 aromatic carbocycles. The van der Waals surface area contributed by atoms with Crippen molar-refractivity contribution in [2.45, 2.75) is 56.7 Å². The summed E-state index contributed by atoms with van der Waals surface area (Å²) in [6.45, 7) is -0.0367. The molecule has 0 aliphatic carbocycles. The zero-order valence-electron chi connectivity index (χ0n) is 17.0. The molecule has 0 fully saturated rings. The molecule has 11 N–H and O–H groups in total. The summed E-state index contributed by atoms with van der Waals surface area (Å²) in [5.41, 5.74) is 15.6. The number of carboxylic acids is 2. The Bertz CT molecular complexity index is 671. The summed E-state index contributed by atoms with van der Waals surface area (Å²) in [5, 5.41) is 24.9. The predicted octanol–water partition coefficient (Wildman–Crippen LogP) is -3.65. The van der Waals surface area contributed by atoms with Crippen molar-refractivity contribution in [3.63, 3.8) is 0 Å². The molecule has 0 radical (unpaired) electrons. The number of unbranched alkanes of at least 4 members (excludes halogenated alkanes) is 1. The van der Waals surface area contributed by atoms with Crippen molar-refractivity contribution in [1.82, 2.24) is 16.0 Å². The van der Waals surface area contributed by atoms with Crippen LogP contribution in [0.2, 0.25) is 0 Å². The third kappa shape index (κ3) is 12.1. The van der Waals surface area contributed by atoms with E-state index in [1.54, 1.807) is 0 Å². The van der Waals surface area contributed by atoms with Crippen LogP contribution in [-0.4, -0.2) is 77.0 Å². The van der Waals surface area contributed by atoms with Crippen molar-refractivity contribution < 1.29 is 39.0 Å². The number of rotatable bonds is 16. The van der Waals surface area contributed by atoms with E-state index in [4.69, 9.17) is 22.3 Å². The number of carbonyl (C=O) groups excluding carboxylic acids is 4. The van der Waals surface area contributed by atoms with E-state index in [2.05, 4.69) is 16.0 Å². The second kappa shape index (κ2) is 14.7. The molecule has 0 saturated carbocycles. The van der Waals surface area contributed by atoms with Crippen molar-refractivity contribution in [1.29, 1.82) is 0 Å². The van der Waals surface area contributed by atoms with Gasteiger partial charge in [-0.15, -0.1) is 0 Å². The van der Waals surface area contributed by atoms with E-state index < -0.39 is 60.1 Å². The minimum absolute atomic E-state index is 0.159. The highest BCUT2D eigenvalue weighted by molar-refractivity contribution is 5.95. The van der Waals surface area contributed by atoms with Gasteiger partial charge in [0.25, 0.3) is 0 Å². The molecule has 0 saturated heterocycles. The van der Waals surface area contributed by atoms with E-state index in [9.17, 15) is 33.9 Å². The highest BCUT2D eigenvalue weighted by Crippen LogP contribution is 2.04. The van der Waals surface area contributed by atoms with E-state index >= 15 is 0 Å². The van der Waals surface area contributed by atoms with Crippen LogP contribution in [0.15, 0.2) is 0 Å². The fraction of sp³-hybridized carbons (Fsp3) is 0.647. The van der Waals surface area contributed by atoms with Gasteiger partial charge >= 0.3 is 11.9 Å². The zero-order chi connectivity index (χ0) is 24.0. The number of primary amides is 1. The molecule has 14 nitrogen and oxygen atoms in total. The second-order valence-electron chi connectivity index (χ2n) is 6.67. The van der Waals surface area contributed by atoms with Gasteiger partial charge in [0.15, 0.2) is 0 Å². The molecule has 0 spiro atoms. The van der Waals surface area contributed by atoms with Crippen LogP contribution in [-0.2, 0) is 28.8 Å². The first-order valence-corrected chi connectivity index (χ1v) is 9.54. The molecule has 3 unspecified atom stereocenters. The van der Waals surface area contributed by atoms with Crippen LogP contribution in [0.4, 0.5) is 0 Å². The molecule has 0 aliphatic rings. The van der Waals surface area contributed by atoms with Crippen molar-refractivity contribution in [2.75, 3.05) is 13.1 Å². The second-order valence-corrected chi connectivity index (χ2v) is 6.67. The first-order valence-electron chi connectivity index (χ1n) is 9.54. The summed E-state index contributed by atoms with van der Waals surface area (Å²) in [4.78, 5) is 69.9. The Morgan fingerprint density at radius 2 is 1.35 bits per heavy atom. The summed E-state index contributed by atoms with van der Waals surface area (Å²) in [6, 6.07) is -4.26. The number of nitrogens with one attached hydrogen (secondary N) is 3. The Balaban J connectivity index is 5.35. The molecule has 0 aromatic heterocycles. The van der Waals surface area contributed by atoms with Gasteiger partial charge in [0.1, 0.15) is 18.1 Å². The molecule has 14 heteroatoms. The molecule has 0 aliphatic heterocycles. The van der Waals surface area contributed by atoms with E-state index in [1.807, 2.05) is 0 Å². The van der Waals surface area contributed by atoms with E-state index in [0.29, 0.717) is 19.4 Å². The number of hydrogen-bond donors (Lipinski definition) is 8. The zero-order valence-corrected chi connectivity index (χ0v) is 17.0. The number of carboxylic acid groups (broad SMARTS) is 2.